The maximum Gasteiger partial charge on any atom is 0.0764 e. The van der Waals surface area contributed by atoms with E-state index in [0.717, 1.165) is 19.4 Å². The molecule has 2 unspecified atom stereocenters. The highest BCUT2D eigenvalue weighted by molar-refractivity contribution is 5.85. The maximum atomic E-state index is 5.67. The molecule has 1 aromatic carbocycles. The first-order valence-electron chi connectivity index (χ1n) is 7.40. The van der Waals surface area contributed by atoms with Crippen LogP contribution in [0.2, 0.25) is 0 Å². The molecular weight excluding hydrogens is 248 g/mol. The van der Waals surface area contributed by atoms with Gasteiger partial charge in [-0.1, -0.05) is 38.1 Å². The van der Waals surface area contributed by atoms with Gasteiger partial charge in [-0.05, 0) is 30.3 Å². The van der Waals surface area contributed by atoms with Crippen LogP contribution in [0.5, 0.6) is 0 Å². The van der Waals surface area contributed by atoms with Crippen LogP contribution in [0.25, 0.3) is 10.8 Å². The summed E-state index contributed by atoms with van der Waals surface area (Å²) in [6, 6.07) is 8.58. The van der Waals surface area contributed by atoms with Gasteiger partial charge in [-0.3, -0.25) is 4.98 Å². The monoisotopic (exact) mass is 272 g/mol. The lowest BCUT2D eigenvalue weighted by Gasteiger charge is -2.27. The van der Waals surface area contributed by atoms with Gasteiger partial charge in [0.05, 0.1) is 12.1 Å². The zero-order valence-corrected chi connectivity index (χ0v) is 12.6. The van der Waals surface area contributed by atoms with Crippen molar-refractivity contribution in [3.8, 4) is 0 Å². The van der Waals surface area contributed by atoms with Crippen LogP contribution in [0.4, 0.5) is 0 Å². The highest BCUT2D eigenvalue weighted by Gasteiger charge is 2.22. The quantitative estimate of drug-likeness (QED) is 0.834. The molecule has 2 atom stereocenters. The van der Waals surface area contributed by atoms with Gasteiger partial charge in [-0.15, -0.1) is 0 Å². The van der Waals surface area contributed by atoms with Gasteiger partial charge >= 0.3 is 0 Å². The fourth-order valence-electron chi connectivity index (χ4n) is 2.67. The lowest BCUT2D eigenvalue weighted by atomic mass is 9.96. The zero-order valence-electron chi connectivity index (χ0n) is 12.6. The van der Waals surface area contributed by atoms with Gasteiger partial charge < -0.3 is 10.1 Å². The van der Waals surface area contributed by atoms with Gasteiger partial charge in [0.25, 0.3) is 0 Å². The Balaban J connectivity index is 2.44. The summed E-state index contributed by atoms with van der Waals surface area (Å²) in [6.45, 7) is 5.32. The van der Waals surface area contributed by atoms with Crippen molar-refractivity contribution in [2.24, 2.45) is 0 Å². The second-order valence-corrected chi connectivity index (χ2v) is 5.06. The molecule has 1 heterocycles. The average Bonchev–Trinajstić information content (AvgIpc) is 2.51. The number of benzene rings is 1. The lowest BCUT2D eigenvalue weighted by molar-refractivity contribution is 0.0654. The van der Waals surface area contributed by atoms with E-state index in [2.05, 4.69) is 48.4 Å². The van der Waals surface area contributed by atoms with E-state index in [1.165, 1.54) is 16.3 Å². The topological polar surface area (TPSA) is 34.2 Å². The fraction of sp³-hybridized carbons (Fsp3) is 0.471. The van der Waals surface area contributed by atoms with Crippen LogP contribution in [0.3, 0.4) is 0 Å². The van der Waals surface area contributed by atoms with Crippen LogP contribution in [-0.2, 0) is 4.74 Å². The summed E-state index contributed by atoms with van der Waals surface area (Å²) in [5.74, 6) is 0. The molecule has 0 saturated heterocycles. The second kappa shape index (κ2) is 7.36. The number of fused-ring (bicyclic) bond motifs is 1. The number of methoxy groups -OCH3 is 1. The summed E-state index contributed by atoms with van der Waals surface area (Å²) < 4.78 is 5.67. The van der Waals surface area contributed by atoms with E-state index in [0.29, 0.717) is 0 Å². The molecule has 0 aliphatic rings. The molecule has 0 amide bonds. The molecule has 0 spiro atoms. The van der Waals surface area contributed by atoms with Gasteiger partial charge in [0.2, 0.25) is 0 Å². The molecule has 0 radical (unpaired) electrons. The Morgan fingerprint density at radius 2 is 2.00 bits per heavy atom. The number of nitrogens with zero attached hydrogens (tertiary/aromatic N) is 1. The number of hydrogen-bond donors (Lipinski definition) is 1. The summed E-state index contributed by atoms with van der Waals surface area (Å²) in [4.78, 5) is 4.40. The van der Waals surface area contributed by atoms with Crippen LogP contribution >= 0.6 is 0 Å². The molecule has 0 aliphatic heterocycles. The highest BCUT2D eigenvalue weighted by atomic mass is 16.5. The third kappa shape index (κ3) is 3.17. The van der Waals surface area contributed by atoms with Crippen molar-refractivity contribution < 1.29 is 4.74 Å². The van der Waals surface area contributed by atoms with Gasteiger partial charge in [0.1, 0.15) is 0 Å². The minimum absolute atomic E-state index is 0.161. The first-order chi connectivity index (χ1) is 9.81. The van der Waals surface area contributed by atoms with E-state index in [9.17, 15) is 0 Å². The molecule has 0 aliphatic carbocycles. The standard InChI is InChI=1S/C17H24N2O/c1-4-10-19-17(16(5-2)20-3)15-12-18-11-13-8-6-7-9-14(13)15/h6-9,11-12,16-17,19H,4-5,10H2,1-3H3. The largest absolute Gasteiger partial charge is 0.379 e. The number of hydrogen-bond acceptors (Lipinski definition) is 3. The van der Waals surface area contributed by atoms with Gasteiger partial charge in [-0.2, -0.15) is 0 Å². The Labute approximate surface area is 121 Å². The van der Waals surface area contributed by atoms with Crippen molar-refractivity contribution in [2.45, 2.75) is 38.8 Å². The molecule has 108 valence electrons. The molecule has 1 N–H and O–H groups in total. The molecule has 0 bridgehead atoms. The third-order valence-corrected chi connectivity index (χ3v) is 3.73. The Bertz CT molecular complexity index is 532. The number of aromatic nitrogens is 1. The van der Waals surface area contributed by atoms with Gasteiger partial charge in [0.15, 0.2) is 0 Å². The van der Waals surface area contributed by atoms with Crippen LogP contribution in [0.15, 0.2) is 36.7 Å². The molecule has 2 aromatic rings. The fourth-order valence-corrected chi connectivity index (χ4v) is 2.67. The van der Waals surface area contributed by atoms with E-state index in [1.54, 1.807) is 7.11 Å². The molecule has 20 heavy (non-hydrogen) atoms. The van der Waals surface area contributed by atoms with Crippen LogP contribution in [-0.4, -0.2) is 24.7 Å². The normalized spacial score (nSPS) is 14.3. The first-order valence-corrected chi connectivity index (χ1v) is 7.40. The van der Waals surface area contributed by atoms with E-state index >= 15 is 0 Å². The van der Waals surface area contributed by atoms with Gasteiger partial charge in [-0.25, -0.2) is 0 Å². The number of nitrogens with one attached hydrogen (secondary N) is 1. The molecule has 0 saturated carbocycles. The maximum absolute atomic E-state index is 5.67. The summed E-state index contributed by atoms with van der Waals surface area (Å²) in [6.07, 6.45) is 6.13. The second-order valence-electron chi connectivity index (χ2n) is 5.06. The van der Waals surface area contributed by atoms with E-state index in [4.69, 9.17) is 4.74 Å². The van der Waals surface area contributed by atoms with Crippen LogP contribution in [0, 0.1) is 0 Å². The average molecular weight is 272 g/mol. The molecular formula is C17H24N2O. The Hall–Kier alpha value is -1.45. The minimum atomic E-state index is 0.161. The van der Waals surface area contributed by atoms with Crippen molar-refractivity contribution in [2.75, 3.05) is 13.7 Å². The van der Waals surface area contributed by atoms with E-state index < -0.39 is 0 Å². The molecule has 0 fully saturated rings. The number of ether oxygens (including phenoxy) is 1. The minimum Gasteiger partial charge on any atom is -0.379 e. The predicted molar refractivity (Wildman–Crippen MR) is 83.9 cm³/mol. The SMILES string of the molecule is CCCNC(c1cncc2ccccc12)C(CC)OC. The van der Waals surface area contributed by atoms with Crippen molar-refractivity contribution in [3.63, 3.8) is 0 Å². The molecule has 1 aromatic heterocycles. The van der Waals surface area contributed by atoms with E-state index in [1.807, 2.05) is 12.4 Å². The van der Waals surface area contributed by atoms with Crippen molar-refractivity contribution in [3.05, 3.63) is 42.2 Å². The molecule has 3 heteroatoms. The highest BCUT2D eigenvalue weighted by Crippen LogP contribution is 2.27. The summed E-state index contributed by atoms with van der Waals surface area (Å²) >= 11 is 0. The van der Waals surface area contributed by atoms with Crippen molar-refractivity contribution >= 4 is 10.8 Å². The van der Waals surface area contributed by atoms with Crippen LogP contribution in [0.1, 0.15) is 38.3 Å². The number of pyridine rings is 1. The Morgan fingerprint density at radius 3 is 2.70 bits per heavy atom. The zero-order chi connectivity index (χ0) is 14.4. The third-order valence-electron chi connectivity index (χ3n) is 3.73. The summed E-state index contributed by atoms with van der Waals surface area (Å²) in [7, 11) is 1.79. The van der Waals surface area contributed by atoms with Crippen molar-refractivity contribution in [1.82, 2.24) is 10.3 Å². The molecule has 3 nitrogen and oxygen atoms in total. The Morgan fingerprint density at radius 1 is 1.20 bits per heavy atom. The van der Waals surface area contributed by atoms with Crippen molar-refractivity contribution in [1.29, 1.82) is 0 Å². The van der Waals surface area contributed by atoms with E-state index in [-0.39, 0.29) is 12.1 Å². The summed E-state index contributed by atoms with van der Waals surface area (Å²) in [5.41, 5.74) is 1.23. The lowest BCUT2D eigenvalue weighted by Crippen LogP contribution is -2.33. The summed E-state index contributed by atoms with van der Waals surface area (Å²) in [5, 5.41) is 6.05. The predicted octanol–water partition coefficient (Wildman–Crippen LogP) is 3.70. The number of rotatable bonds is 7. The van der Waals surface area contributed by atoms with Crippen LogP contribution < -0.4 is 5.32 Å². The molecule has 2 rings (SSSR count). The Kier molecular flexibility index (Phi) is 5.50. The van der Waals surface area contributed by atoms with Gasteiger partial charge in [0, 0.05) is 24.9 Å². The first kappa shape index (κ1) is 14.9. The smallest absolute Gasteiger partial charge is 0.0764 e.